The molecular formula is C29H33FN8. The van der Waals surface area contributed by atoms with Crippen LogP contribution in [0.1, 0.15) is 81.7 Å². The molecular weight excluding hydrogens is 479 g/mol. The number of aromatic nitrogens is 5. The van der Waals surface area contributed by atoms with Gasteiger partial charge in [-0.1, -0.05) is 32.9 Å². The summed E-state index contributed by atoms with van der Waals surface area (Å²) in [7, 11) is 0. The maximum absolute atomic E-state index is 15.4. The van der Waals surface area contributed by atoms with E-state index >= 15 is 4.39 Å². The molecule has 1 saturated carbocycles. The lowest BCUT2D eigenvalue weighted by Crippen LogP contribution is -2.59. The van der Waals surface area contributed by atoms with E-state index in [1.54, 1.807) is 18.5 Å². The number of rotatable bonds is 7. The summed E-state index contributed by atoms with van der Waals surface area (Å²) in [6.45, 7) is 8.05. The van der Waals surface area contributed by atoms with Crippen LogP contribution in [0.15, 0.2) is 36.7 Å². The maximum atomic E-state index is 15.4. The first-order chi connectivity index (χ1) is 18.6. The zero-order valence-corrected chi connectivity index (χ0v) is 22.2. The minimum atomic E-state index is -0.0790. The number of piperazine rings is 1. The fourth-order valence-corrected chi connectivity index (χ4v) is 6.14. The molecule has 0 N–H and O–H groups in total. The highest BCUT2D eigenvalue weighted by Gasteiger charge is 2.38. The van der Waals surface area contributed by atoms with Crippen LogP contribution < -0.4 is 4.90 Å². The molecule has 38 heavy (non-hydrogen) atoms. The highest BCUT2D eigenvalue weighted by Crippen LogP contribution is 2.42. The second kappa shape index (κ2) is 9.91. The average Bonchev–Trinajstić information content (AvgIpc) is 3.69. The van der Waals surface area contributed by atoms with Crippen molar-refractivity contribution in [3.63, 3.8) is 0 Å². The minimum absolute atomic E-state index is 0.0106. The van der Waals surface area contributed by atoms with E-state index in [-0.39, 0.29) is 23.9 Å². The Morgan fingerprint density at radius 1 is 1.05 bits per heavy atom. The van der Waals surface area contributed by atoms with Gasteiger partial charge >= 0.3 is 0 Å². The van der Waals surface area contributed by atoms with Crippen LogP contribution in [0, 0.1) is 17.1 Å². The van der Waals surface area contributed by atoms with Crippen LogP contribution in [-0.4, -0.2) is 54.6 Å². The van der Waals surface area contributed by atoms with Crippen LogP contribution in [0.4, 0.5) is 10.2 Å². The summed E-state index contributed by atoms with van der Waals surface area (Å²) >= 11 is 0. The smallest absolute Gasteiger partial charge is 0.257 e. The molecule has 2 aliphatic rings. The molecule has 196 valence electrons. The summed E-state index contributed by atoms with van der Waals surface area (Å²) < 4.78 is 17.3. The number of fused-ring (bicyclic) bond motifs is 3. The fourth-order valence-electron chi connectivity index (χ4n) is 6.14. The Labute approximate surface area is 222 Å². The first-order valence-electron chi connectivity index (χ1n) is 13.8. The summed E-state index contributed by atoms with van der Waals surface area (Å²) in [4.78, 5) is 14.4. The van der Waals surface area contributed by atoms with E-state index in [4.69, 9.17) is 4.98 Å². The van der Waals surface area contributed by atoms with E-state index < -0.39 is 0 Å². The number of hydrogen-bond acceptors (Lipinski definition) is 7. The van der Waals surface area contributed by atoms with Gasteiger partial charge in [-0.3, -0.25) is 9.30 Å². The standard InChI is InChI=1S/C29H33FN8/c1-4-21-16-37(28-27-26(12-10-20(14-31)33-27)38-17-32-35-29(38)34-28)22(5-2)15-36(21)25(6-3)23-11-9-19(13-24(23)30)18-7-8-18/h9-13,17-18,21-22,25H,4-8,15-16H2,1-3H3/t21-,22+,25+/m1/s1. The molecule has 2 fully saturated rings. The van der Waals surface area contributed by atoms with Crippen molar-refractivity contribution in [3.8, 4) is 6.07 Å². The predicted octanol–water partition coefficient (Wildman–Crippen LogP) is 5.39. The first-order valence-corrected chi connectivity index (χ1v) is 13.8. The van der Waals surface area contributed by atoms with Crippen LogP contribution in [-0.2, 0) is 0 Å². The fraction of sp³-hybridized carbons (Fsp3) is 0.483. The lowest BCUT2D eigenvalue weighted by atomic mass is 9.93. The number of nitriles is 1. The number of benzene rings is 1. The van der Waals surface area contributed by atoms with Crippen LogP contribution in [0.25, 0.3) is 16.8 Å². The second-order valence-corrected chi connectivity index (χ2v) is 10.6. The third kappa shape index (κ3) is 4.17. The van der Waals surface area contributed by atoms with Gasteiger partial charge in [0, 0.05) is 36.8 Å². The monoisotopic (exact) mass is 512 g/mol. The van der Waals surface area contributed by atoms with E-state index in [0.717, 1.165) is 54.8 Å². The molecule has 9 heteroatoms. The number of nitrogens with zero attached hydrogens (tertiary/aromatic N) is 8. The van der Waals surface area contributed by atoms with Gasteiger partial charge in [0.25, 0.3) is 5.78 Å². The highest BCUT2D eigenvalue weighted by molar-refractivity contribution is 5.88. The first kappa shape index (κ1) is 24.7. The number of halogens is 1. The molecule has 1 saturated heterocycles. The Hall–Kier alpha value is -3.64. The summed E-state index contributed by atoms with van der Waals surface area (Å²) in [5.74, 6) is 1.70. The summed E-state index contributed by atoms with van der Waals surface area (Å²) in [6, 6.07) is 12.1. The van der Waals surface area contributed by atoms with Gasteiger partial charge in [-0.25, -0.2) is 9.37 Å². The van der Waals surface area contributed by atoms with Crippen molar-refractivity contribution in [1.82, 2.24) is 29.5 Å². The van der Waals surface area contributed by atoms with Crippen molar-refractivity contribution < 1.29 is 4.39 Å². The third-order valence-electron chi connectivity index (χ3n) is 8.37. The Bertz CT molecular complexity index is 1520. The van der Waals surface area contributed by atoms with Crippen LogP contribution in [0.5, 0.6) is 0 Å². The van der Waals surface area contributed by atoms with Gasteiger partial charge in [0.1, 0.15) is 29.4 Å². The molecule has 0 radical (unpaired) electrons. The van der Waals surface area contributed by atoms with Crippen molar-refractivity contribution in [1.29, 1.82) is 5.26 Å². The maximum Gasteiger partial charge on any atom is 0.257 e. The summed E-state index contributed by atoms with van der Waals surface area (Å²) in [5, 5.41) is 17.8. The van der Waals surface area contributed by atoms with E-state index in [1.165, 1.54) is 12.8 Å². The number of pyridine rings is 1. The minimum Gasteiger partial charge on any atom is -0.349 e. The van der Waals surface area contributed by atoms with Gasteiger partial charge in [-0.15, -0.1) is 10.2 Å². The van der Waals surface area contributed by atoms with E-state index in [1.807, 2.05) is 16.5 Å². The quantitative estimate of drug-likeness (QED) is 0.328. The van der Waals surface area contributed by atoms with Crippen molar-refractivity contribution in [3.05, 3.63) is 59.3 Å². The van der Waals surface area contributed by atoms with Crippen molar-refractivity contribution in [2.75, 3.05) is 18.0 Å². The summed E-state index contributed by atoms with van der Waals surface area (Å²) in [5.41, 5.74) is 3.78. The average molecular weight is 513 g/mol. The highest BCUT2D eigenvalue weighted by atomic mass is 19.1. The van der Waals surface area contributed by atoms with Crippen molar-refractivity contribution in [2.24, 2.45) is 0 Å². The molecule has 1 aromatic carbocycles. The Morgan fingerprint density at radius 2 is 1.87 bits per heavy atom. The number of hydrogen-bond donors (Lipinski definition) is 0. The van der Waals surface area contributed by atoms with Crippen molar-refractivity contribution in [2.45, 2.75) is 76.9 Å². The van der Waals surface area contributed by atoms with Gasteiger partial charge in [0.05, 0.1) is 5.52 Å². The van der Waals surface area contributed by atoms with Gasteiger partial charge in [0.15, 0.2) is 5.82 Å². The van der Waals surface area contributed by atoms with Gasteiger partial charge in [0.2, 0.25) is 0 Å². The topological polar surface area (TPSA) is 86.2 Å². The molecule has 0 spiro atoms. The zero-order chi connectivity index (χ0) is 26.4. The van der Waals surface area contributed by atoms with Gasteiger partial charge in [-0.2, -0.15) is 10.2 Å². The van der Waals surface area contributed by atoms with E-state index in [2.05, 4.69) is 57.9 Å². The van der Waals surface area contributed by atoms with Crippen LogP contribution in [0.3, 0.4) is 0 Å². The third-order valence-corrected chi connectivity index (χ3v) is 8.37. The zero-order valence-electron chi connectivity index (χ0n) is 22.2. The molecule has 0 unspecified atom stereocenters. The molecule has 0 amide bonds. The van der Waals surface area contributed by atoms with Gasteiger partial charge in [-0.05, 0) is 61.8 Å². The lowest BCUT2D eigenvalue weighted by molar-refractivity contribution is 0.0877. The molecule has 3 aromatic heterocycles. The molecule has 4 heterocycles. The van der Waals surface area contributed by atoms with Crippen molar-refractivity contribution >= 4 is 22.6 Å². The Kier molecular flexibility index (Phi) is 6.44. The molecule has 1 aliphatic heterocycles. The molecule has 3 atom stereocenters. The normalized spacial score (nSPS) is 21.2. The van der Waals surface area contributed by atoms with E-state index in [0.29, 0.717) is 22.9 Å². The molecule has 6 rings (SSSR count). The Morgan fingerprint density at radius 3 is 2.55 bits per heavy atom. The number of anilines is 1. The van der Waals surface area contributed by atoms with E-state index in [9.17, 15) is 5.26 Å². The SMILES string of the molecule is CC[C@H]1CN([C@@H](CC)c2ccc(C3CC3)cc2F)[C@H](CC)CN1c1nc2nncn2c2ccc(C#N)nc12. The largest absolute Gasteiger partial charge is 0.349 e. The lowest BCUT2D eigenvalue weighted by Gasteiger charge is -2.49. The molecule has 8 nitrogen and oxygen atoms in total. The Balaban J connectivity index is 1.39. The van der Waals surface area contributed by atoms with Gasteiger partial charge < -0.3 is 4.90 Å². The molecule has 4 aromatic rings. The predicted molar refractivity (Wildman–Crippen MR) is 144 cm³/mol. The molecule has 1 aliphatic carbocycles. The molecule has 0 bridgehead atoms. The van der Waals surface area contributed by atoms with Crippen LogP contribution in [0.2, 0.25) is 0 Å². The summed E-state index contributed by atoms with van der Waals surface area (Å²) in [6.07, 6.45) is 6.62. The van der Waals surface area contributed by atoms with Crippen LogP contribution >= 0.6 is 0 Å². The second-order valence-electron chi connectivity index (χ2n) is 10.6.